The van der Waals surface area contributed by atoms with Gasteiger partial charge in [-0.2, -0.15) is 0 Å². The number of carbonyl (C=O) groups is 1. The maximum atomic E-state index is 10.5. The van der Waals surface area contributed by atoms with E-state index < -0.39 is 5.97 Å². The highest BCUT2D eigenvalue weighted by atomic mass is 16.4. The van der Waals surface area contributed by atoms with E-state index in [9.17, 15) is 4.79 Å². The Morgan fingerprint density at radius 2 is 2.35 bits per heavy atom. The summed E-state index contributed by atoms with van der Waals surface area (Å²) in [6, 6.07) is 0. The summed E-state index contributed by atoms with van der Waals surface area (Å²) in [6.07, 6.45) is 4.34. The van der Waals surface area contributed by atoms with Crippen LogP contribution in [0.1, 0.15) is 50.8 Å². The van der Waals surface area contributed by atoms with Crippen molar-refractivity contribution in [2.75, 3.05) is 0 Å². The number of aryl methyl sites for hydroxylation is 1. The van der Waals surface area contributed by atoms with E-state index in [1.807, 2.05) is 0 Å². The van der Waals surface area contributed by atoms with E-state index in [1.54, 1.807) is 4.68 Å². The van der Waals surface area contributed by atoms with Gasteiger partial charge in [0.1, 0.15) is 0 Å². The normalized spacial score (nSPS) is 24.1. The lowest BCUT2D eigenvalue weighted by atomic mass is 9.97. The quantitative estimate of drug-likeness (QED) is 0.839. The number of aromatic nitrogens is 4. The standard InChI is InChI=1S/C11H18N4O2/c1-8-4-2-5-9(8)11-12-13-14-15(11)7-3-6-10(16)17/h8-9H,2-7H2,1H3,(H,16,17). The predicted molar refractivity (Wildman–Crippen MR) is 60.4 cm³/mol. The molecule has 1 fully saturated rings. The predicted octanol–water partition coefficient (Wildman–Crippen LogP) is 1.44. The minimum Gasteiger partial charge on any atom is -0.481 e. The minimum atomic E-state index is -0.770. The number of hydrogen-bond acceptors (Lipinski definition) is 4. The first kappa shape index (κ1) is 12.0. The third-order valence-corrected chi connectivity index (χ3v) is 3.51. The zero-order valence-electron chi connectivity index (χ0n) is 10.0. The maximum Gasteiger partial charge on any atom is 0.303 e. The molecule has 94 valence electrons. The Hall–Kier alpha value is -1.46. The van der Waals surface area contributed by atoms with E-state index in [1.165, 1.54) is 12.8 Å². The Bertz CT molecular complexity index is 391. The topological polar surface area (TPSA) is 80.9 Å². The number of nitrogens with zero attached hydrogens (tertiary/aromatic N) is 4. The second-order valence-corrected chi connectivity index (χ2v) is 4.77. The van der Waals surface area contributed by atoms with Crippen LogP contribution in [0.2, 0.25) is 0 Å². The second kappa shape index (κ2) is 5.25. The highest BCUT2D eigenvalue weighted by Crippen LogP contribution is 2.37. The first-order chi connectivity index (χ1) is 8.18. The number of carboxylic acid groups (broad SMARTS) is 1. The zero-order valence-corrected chi connectivity index (χ0v) is 10.0. The van der Waals surface area contributed by atoms with E-state index in [4.69, 9.17) is 5.11 Å². The molecule has 0 amide bonds. The van der Waals surface area contributed by atoms with Crippen LogP contribution in [0.5, 0.6) is 0 Å². The van der Waals surface area contributed by atoms with Gasteiger partial charge in [-0.3, -0.25) is 4.79 Å². The molecule has 1 aliphatic carbocycles. The third-order valence-electron chi connectivity index (χ3n) is 3.51. The molecule has 1 aliphatic rings. The number of carboxylic acids is 1. The van der Waals surface area contributed by atoms with Gasteiger partial charge in [0.2, 0.25) is 0 Å². The fourth-order valence-electron chi connectivity index (χ4n) is 2.55. The Balaban J connectivity index is 1.98. The van der Waals surface area contributed by atoms with Crippen LogP contribution in [0.3, 0.4) is 0 Å². The lowest BCUT2D eigenvalue weighted by molar-refractivity contribution is -0.137. The minimum absolute atomic E-state index is 0.166. The second-order valence-electron chi connectivity index (χ2n) is 4.77. The van der Waals surface area contributed by atoms with Crippen molar-refractivity contribution < 1.29 is 9.90 Å². The van der Waals surface area contributed by atoms with Gasteiger partial charge in [-0.05, 0) is 35.6 Å². The molecule has 0 radical (unpaired) electrons. The SMILES string of the molecule is CC1CCCC1c1nnnn1CCCC(=O)O. The number of aliphatic carboxylic acids is 1. The van der Waals surface area contributed by atoms with Crippen molar-refractivity contribution in [3.05, 3.63) is 5.82 Å². The number of hydrogen-bond donors (Lipinski definition) is 1. The third kappa shape index (κ3) is 2.81. The zero-order chi connectivity index (χ0) is 12.3. The average molecular weight is 238 g/mol. The molecule has 1 heterocycles. The van der Waals surface area contributed by atoms with Crippen LogP contribution < -0.4 is 0 Å². The largest absolute Gasteiger partial charge is 0.481 e. The van der Waals surface area contributed by atoms with Gasteiger partial charge in [0.15, 0.2) is 5.82 Å². The molecule has 1 aromatic heterocycles. The molecule has 0 aliphatic heterocycles. The average Bonchev–Trinajstić information content (AvgIpc) is 2.86. The summed E-state index contributed by atoms with van der Waals surface area (Å²) in [5.74, 6) is 1.23. The lowest BCUT2D eigenvalue weighted by Gasteiger charge is -2.14. The lowest BCUT2D eigenvalue weighted by Crippen LogP contribution is -2.13. The molecule has 2 unspecified atom stereocenters. The molecule has 0 spiro atoms. The van der Waals surface area contributed by atoms with Gasteiger partial charge < -0.3 is 5.11 Å². The summed E-state index contributed by atoms with van der Waals surface area (Å²) in [6.45, 7) is 2.83. The van der Waals surface area contributed by atoms with Gasteiger partial charge in [-0.1, -0.05) is 13.3 Å². The first-order valence-corrected chi connectivity index (χ1v) is 6.16. The van der Waals surface area contributed by atoms with Gasteiger partial charge in [0.05, 0.1) is 0 Å². The van der Waals surface area contributed by atoms with Crippen LogP contribution in [0.25, 0.3) is 0 Å². The Morgan fingerprint density at radius 3 is 3.00 bits per heavy atom. The van der Waals surface area contributed by atoms with Gasteiger partial charge >= 0.3 is 5.97 Å². The van der Waals surface area contributed by atoms with E-state index in [0.29, 0.717) is 24.8 Å². The number of tetrazole rings is 1. The molecular weight excluding hydrogens is 220 g/mol. The molecule has 6 heteroatoms. The summed E-state index contributed by atoms with van der Waals surface area (Å²) in [5.41, 5.74) is 0. The number of rotatable bonds is 5. The monoisotopic (exact) mass is 238 g/mol. The fourth-order valence-corrected chi connectivity index (χ4v) is 2.55. The van der Waals surface area contributed by atoms with E-state index in [2.05, 4.69) is 22.4 Å². The van der Waals surface area contributed by atoms with Crippen LogP contribution in [-0.2, 0) is 11.3 Å². The van der Waals surface area contributed by atoms with Crippen molar-refractivity contribution in [2.45, 2.75) is 51.5 Å². The van der Waals surface area contributed by atoms with Crippen molar-refractivity contribution in [1.29, 1.82) is 0 Å². The van der Waals surface area contributed by atoms with Gasteiger partial charge in [-0.25, -0.2) is 4.68 Å². The van der Waals surface area contributed by atoms with Crippen molar-refractivity contribution in [3.63, 3.8) is 0 Å². The Kier molecular flexibility index (Phi) is 3.71. The first-order valence-electron chi connectivity index (χ1n) is 6.16. The van der Waals surface area contributed by atoms with Gasteiger partial charge in [0.25, 0.3) is 0 Å². The molecule has 0 saturated heterocycles. The van der Waals surface area contributed by atoms with Crippen LogP contribution in [-0.4, -0.2) is 31.3 Å². The van der Waals surface area contributed by atoms with Crippen molar-refractivity contribution in [3.8, 4) is 0 Å². The van der Waals surface area contributed by atoms with Gasteiger partial charge in [0, 0.05) is 18.9 Å². The van der Waals surface area contributed by atoms with E-state index >= 15 is 0 Å². The summed E-state index contributed by atoms with van der Waals surface area (Å²) < 4.78 is 1.77. The maximum absolute atomic E-state index is 10.5. The Labute approximate surface area is 100 Å². The van der Waals surface area contributed by atoms with Crippen LogP contribution in [0.15, 0.2) is 0 Å². The van der Waals surface area contributed by atoms with E-state index in [-0.39, 0.29) is 6.42 Å². The smallest absolute Gasteiger partial charge is 0.303 e. The van der Waals surface area contributed by atoms with Crippen LogP contribution >= 0.6 is 0 Å². The van der Waals surface area contributed by atoms with Crippen molar-refractivity contribution in [1.82, 2.24) is 20.2 Å². The summed E-state index contributed by atoms with van der Waals surface area (Å²) in [4.78, 5) is 10.5. The molecule has 1 N–H and O–H groups in total. The Morgan fingerprint density at radius 1 is 1.53 bits per heavy atom. The summed E-state index contributed by atoms with van der Waals surface area (Å²) >= 11 is 0. The van der Waals surface area contributed by atoms with Crippen molar-refractivity contribution >= 4 is 5.97 Å². The highest BCUT2D eigenvalue weighted by molar-refractivity contribution is 5.66. The summed E-state index contributed by atoms with van der Waals surface area (Å²) in [5, 5.41) is 20.4. The van der Waals surface area contributed by atoms with Crippen LogP contribution in [0.4, 0.5) is 0 Å². The van der Waals surface area contributed by atoms with Gasteiger partial charge in [-0.15, -0.1) is 5.10 Å². The van der Waals surface area contributed by atoms with Crippen LogP contribution in [0, 0.1) is 5.92 Å². The molecule has 1 saturated carbocycles. The molecule has 6 nitrogen and oxygen atoms in total. The molecule has 17 heavy (non-hydrogen) atoms. The molecular formula is C11H18N4O2. The molecule has 2 atom stereocenters. The van der Waals surface area contributed by atoms with E-state index in [0.717, 1.165) is 12.2 Å². The molecule has 0 bridgehead atoms. The fraction of sp³-hybridized carbons (Fsp3) is 0.818. The molecule has 1 aromatic rings. The molecule has 0 aromatic carbocycles. The highest BCUT2D eigenvalue weighted by Gasteiger charge is 2.29. The van der Waals surface area contributed by atoms with Crippen molar-refractivity contribution in [2.24, 2.45) is 5.92 Å². The summed E-state index contributed by atoms with van der Waals surface area (Å²) in [7, 11) is 0. The molecule has 2 rings (SSSR count).